The van der Waals surface area contributed by atoms with Crippen molar-refractivity contribution in [2.75, 3.05) is 20.1 Å². The highest BCUT2D eigenvalue weighted by atomic mass is 16.6. The van der Waals surface area contributed by atoms with Crippen molar-refractivity contribution >= 4 is 11.9 Å². The molecule has 0 aromatic carbocycles. The molecule has 0 rings (SSSR count). The van der Waals surface area contributed by atoms with E-state index in [9.17, 15) is 9.59 Å². The Morgan fingerprint density at radius 3 is 1.95 bits per heavy atom. The number of ether oxygens (including phenoxy) is 1. The second-order valence-electron chi connectivity index (χ2n) is 5.01. The first-order valence-corrected chi connectivity index (χ1v) is 6.67. The highest BCUT2D eigenvalue weighted by Gasteiger charge is 2.14. The summed E-state index contributed by atoms with van der Waals surface area (Å²) < 4.78 is 5.03. The Labute approximate surface area is 123 Å². The van der Waals surface area contributed by atoms with E-state index in [-0.39, 0.29) is 11.9 Å². The predicted octanol–water partition coefficient (Wildman–Crippen LogP) is 2.36. The first-order chi connectivity index (χ1) is 9.22. The van der Waals surface area contributed by atoms with Crippen molar-refractivity contribution in [2.45, 2.75) is 53.1 Å². The van der Waals surface area contributed by atoms with Gasteiger partial charge < -0.3 is 15.4 Å². The van der Waals surface area contributed by atoms with Gasteiger partial charge in [-0.05, 0) is 41.2 Å². The Morgan fingerprint density at radius 1 is 1.20 bits per heavy atom. The molecule has 0 heterocycles. The van der Waals surface area contributed by atoms with Crippen LogP contribution in [0, 0.1) is 12.8 Å². The minimum absolute atomic E-state index is 0.178. The molecular weight excluding hydrogens is 256 g/mol. The van der Waals surface area contributed by atoms with Gasteiger partial charge in [0.25, 0.3) is 0 Å². The second-order valence-corrected chi connectivity index (χ2v) is 5.01. The number of unbranched alkanes of at least 4 members (excludes halogenated alkanes) is 1. The lowest BCUT2D eigenvalue weighted by atomic mass is 10.2. The number of terminal acetylenes is 1. The molecule has 0 radical (unpaired) electrons. The lowest BCUT2D eigenvalue weighted by Crippen LogP contribution is -2.32. The summed E-state index contributed by atoms with van der Waals surface area (Å²) in [4.78, 5) is 21.0. The standard InChI is InChI=1S/C9H19NO2.C4H9NO.C2H2/c1-5-6-7-10-8(11)12-9(2,3)4;1-4(6)3-5-2;1-2/h5-7H2,1-4H3,(H,10,11);5H,3H2,1-2H3;1-2H. The maximum Gasteiger partial charge on any atom is 0.407 e. The van der Waals surface area contributed by atoms with Gasteiger partial charge in [-0.3, -0.25) is 4.79 Å². The number of hydrogen-bond donors (Lipinski definition) is 2. The highest BCUT2D eigenvalue weighted by molar-refractivity contribution is 5.77. The van der Waals surface area contributed by atoms with Crippen molar-refractivity contribution in [3.8, 4) is 12.8 Å². The minimum Gasteiger partial charge on any atom is -0.444 e. The molecule has 5 heteroatoms. The van der Waals surface area contributed by atoms with Gasteiger partial charge in [-0.2, -0.15) is 0 Å². The van der Waals surface area contributed by atoms with Crippen molar-refractivity contribution in [3.05, 3.63) is 0 Å². The zero-order valence-corrected chi connectivity index (χ0v) is 13.7. The van der Waals surface area contributed by atoms with Gasteiger partial charge in [0.1, 0.15) is 11.4 Å². The number of carbonyl (C=O) groups is 2. The Kier molecular flexibility index (Phi) is 18.3. The summed E-state index contributed by atoms with van der Waals surface area (Å²) in [6, 6.07) is 0. The SMILES string of the molecule is C#C.CCCCNC(=O)OC(C)(C)C.CNCC(C)=O. The van der Waals surface area contributed by atoms with Crippen LogP contribution in [0.1, 0.15) is 47.5 Å². The van der Waals surface area contributed by atoms with E-state index in [1.165, 1.54) is 0 Å². The van der Waals surface area contributed by atoms with Gasteiger partial charge in [-0.15, -0.1) is 12.8 Å². The summed E-state index contributed by atoms with van der Waals surface area (Å²) in [7, 11) is 1.75. The van der Waals surface area contributed by atoms with Crippen LogP contribution in [-0.4, -0.2) is 37.6 Å². The van der Waals surface area contributed by atoms with Crippen LogP contribution >= 0.6 is 0 Å². The molecule has 0 aliphatic heterocycles. The van der Waals surface area contributed by atoms with E-state index in [0.29, 0.717) is 13.1 Å². The maximum atomic E-state index is 11.0. The van der Waals surface area contributed by atoms with Gasteiger partial charge >= 0.3 is 6.09 Å². The zero-order valence-electron chi connectivity index (χ0n) is 13.7. The molecule has 0 aromatic rings. The largest absolute Gasteiger partial charge is 0.444 e. The number of amides is 1. The van der Waals surface area contributed by atoms with Crippen LogP contribution in [0.2, 0.25) is 0 Å². The third-order valence-electron chi connectivity index (χ3n) is 1.62. The van der Waals surface area contributed by atoms with Gasteiger partial charge in [-0.25, -0.2) is 4.79 Å². The molecule has 0 aliphatic carbocycles. The lowest BCUT2D eigenvalue weighted by molar-refractivity contribution is -0.116. The highest BCUT2D eigenvalue weighted by Crippen LogP contribution is 2.06. The molecule has 0 spiro atoms. The Bertz CT molecular complexity index is 268. The van der Waals surface area contributed by atoms with E-state index in [1.807, 2.05) is 20.8 Å². The number of alkyl carbamates (subject to hydrolysis) is 1. The molecule has 0 atom stereocenters. The fourth-order valence-electron chi connectivity index (χ4n) is 0.930. The summed E-state index contributed by atoms with van der Waals surface area (Å²) >= 11 is 0. The average molecular weight is 286 g/mol. The van der Waals surface area contributed by atoms with E-state index in [1.54, 1.807) is 14.0 Å². The van der Waals surface area contributed by atoms with E-state index < -0.39 is 5.60 Å². The number of ketones is 1. The van der Waals surface area contributed by atoms with Crippen LogP contribution < -0.4 is 10.6 Å². The van der Waals surface area contributed by atoms with Crippen LogP contribution in [0.3, 0.4) is 0 Å². The van der Waals surface area contributed by atoms with Gasteiger partial charge in [0, 0.05) is 6.54 Å². The van der Waals surface area contributed by atoms with Crippen LogP contribution in [0.5, 0.6) is 0 Å². The third kappa shape index (κ3) is 30.0. The second kappa shape index (κ2) is 15.5. The lowest BCUT2D eigenvalue weighted by Gasteiger charge is -2.19. The maximum absolute atomic E-state index is 11.0. The number of nitrogens with one attached hydrogen (secondary N) is 2. The minimum atomic E-state index is -0.393. The van der Waals surface area contributed by atoms with Gasteiger partial charge in [0.05, 0.1) is 6.54 Å². The fourth-order valence-corrected chi connectivity index (χ4v) is 0.930. The fraction of sp³-hybridized carbons (Fsp3) is 0.733. The van der Waals surface area contributed by atoms with Crippen molar-refractivity contribution in [3.63, 3.8) is 0 Å². The molecule has 0 aromatic heterocycles. The molecule has 118 valence electrons. The van der Waals surface area contributed by atoms with Crippen LogP contribution in [0.15, 0.2) is 0 Å². The molecule has 0 bridgehead atoms. The van der Waals surface area contributed by atoms with Crippen LogP contribution in [0.25, 0.3) is 0 Å². The summed E-state index contributed by atoms with van der Waals surface area (Å²) in [6.07, 6.45) is 9.76. The van der Waals surface area contributed by atoms with Crippen molar-refractivity contribution < 1.29 is 14.3 Å². The molecule has 0 aliphatic rings. The van der Waals surface area contributed by atoms with E-state index in [0.717, 1.165) is 12.8 Å². The number of Topliss-reactive ketones (excluding diaryl/α,β-unsaturated/α-hetero) is 1. The zero-order chi connectivity index (χ0) is 16.6. The number of likely N-dealkylation sites (N-methyl/N-ethyl adjacent to an activating group) is 1. The van der Waals surface area contributed by atoms with E-state index >= 15 is 0 Å². The molecule has 20 heavy (non-hydrogen) atoms. The number of rotatable bonds is 5. The van der Waals surface area contributed by atoms with E-state index in [4.69, 9.17) is 4.74 Å². The van der Waals surface area contributed by atoms with Gasteiger partial charge in [-0.1, -0.05) is 13.3 Å². The molecular formula is C15H30N2O3. The van der Waals surface area contributed by atoms with Gasteiger partial charge in [0.15, 0.2) is 0 Å². The summed E-state index contributed by atoms with van der Waals surface area (Å²) in [5.74, 6) is 0.178. The predicted molar refractivity (Wildman–Crippen MR) is 83.6 cm³/mol. The molecule has 0 fully saturated rings. The van der Waals surface area contributed by atoms with Crippen molar-refractivity contribution in [1.82, 2.24) is 10.6 Å². The number of hydrogen-bond acceptors (Lipinski definition) is 4. The quantitative estimate of drug-likeness (QED) is 0.601. The normalized spacial score (nSPS) is 9.20. The van der Waals surface area contributed by atoms with Crippen LogP contribution in [-0.2, 0) is 9.53 Å². The van der Waals surface area contributed by atoms with E-state index in [2.05, 4.69) is 30.4 Å². The topological polar surface area (TPSA) is 67.4 Å². The molecule has 1 amide bonds. The Hall–Kier alpha value is -1.54. The Balaban J connectivity index is -0.000000304. The molecule has 2 N–H and O–H groups in total. The van der Waals surface area contributed by atoms with Crippen molar-refractivity contribution in [1.29, 1.82) is 0 Å². The molecule has 0 saturated heterocycles. The summed E-state index contributed by atoms with van der Waals surface area (Å²) in [6.45, 7) is 10.4. The molecule has 5 nitrogen and oxygen atoms in total. The smallest absolute Gasteiger partial charge is 0.407 e. The third-order valence-corrected chi connectivity index (χ3v) is 1.62. The Morgan fingerprint density at radius 2 is 1.70 bits per heavy atom. The van der Waals surface area contributed by atoms with Crippen molar-refractivity contribution in [2.24, 2.45) is 0 Å². The number of carbonyl (C=O) groups excluding carboxylic acids is 2. The molecule has 0 unspecified atom stereocenters. The first-order valence-electron chi connectivity index (χ1n) is 6.67. The summed E-state index contributed by atoms with van der Waals surface area (Å²) in [5, 5.41) is 5.40. The summed E-state index contributed by atoms with van der Waals surface area (Å²) in [5.41, 5.74) is -0.393. The van der Waals surface area contributed by atoms with Crippen LogP contribution in [0.4, 0.5) is 4.79 Å². The monoisotopic (exact) mass is 286 g/mol. The average Bonchev–Trinajstić information content (AvgIpc) is 2.30. The molecule has 0 saturated carbocycles. The van der Waals surface area contributed by atoms with Gasteiger partial charge in [0.2, 0.25) is 0 Å². The first kappa shape index (κ1) is 23.5.